The number of benzene rings is 1. The molecule has 1 N–H and O–H groups in total. The highest BCUT2D eigenvalue weighted by Crippen LogP contribution is 2.24. The van der Waals surface area contributed by atoms with E-state index in [-0.39, 0.29) is 24.2 Å². The molecule has 142 valence electrons. The molecule has 5 nitrogen and oxygen atoms in total. The van der Waals surface area contributed by atoms with Crippen LogP contribution in [0.1, 0.15) is 43.0 Å². The number of halogens is 1. The van der Waals surface area contributed by atoms with E-state index < -0.39 is 10.0 Å². The lowest BCUT2D eigenvalue weighted by atomic mass is 10.2. The van der Waals surface area contributed by atoms with E-state index in [1.807, 2.05) is 12.1 Å². The van der Waals surface area contributed by atoms with Crippen molar-refractivity contribution in [3.63, 3.8) is 0 Å². The minimum Gasteiger partial charge on any atom is -0.468 e. The molecule has 1 unspecified atom stereocenters. The molecule has 0 radical (unpaired) electrons. The van der Waals surface area contributed by atoms with Crippen LogP contribution in [0.2, 0.25) is 0 Å². The Balaban J connectivity index is 1.67. The summed E-state index contributed by atoms with van der Waals surface area (Å²) in [4.78, 5) is 2.30. The minimum absolute atomic E-state index is 0.119. The zero-order valence-corrected chi connectivity index (χ0v) is 15.6. The van der Waals surface area contributed by atoms with Crippen molar-refractivity contribution in [1.82, 2.24) is 9.62 Å². The third kappa shape index (κ3) is 5.40. The second-order valence-electron chi connectivity index (χ2n) is 6.72. The number of hydrogen-bond donors (Lipinski definition) is 1. The van der Waals surface area contributed by atoms with E-state index in [0.717, 1.165) is 31.7 Å². The van der Waals surface area contributed by atoms with Gasteiger partial charge in [-0.1, -0.05) is 25.0 Å². The number of rotatable bonds is 7. The van der Waals surface area contributed by atoms with E-state index in [0.29, 0.717) is 5.56 Å². The SMILES string of the molecule is O=S(=O)(Cc1ccc(F)cc1)NCC(c1ccco1)N1CCCCCC1. The highest BCUT2D eigenvalue weighted by molar-refractivity contribution is 7.88. The summed E-state index contributed by atoms with van der Waals surface area (Å²) in [6.45, 7) is 2.13. The van der Waals surface area contributed by atoms with Crippen molar-refractivity contribution in [2.24, 2.45) is 0 Å². The van der Waals surface area contributed by atoms with Crippen LogP contribution in [0.3, 0.4) is 0 Å². The van der Waals surface area contributed by atoms with Crippen LogP contribution in [0.4, 0.5) is 4.39 Å². The Morgan fingerprint density at radius 1 is 1.08 bits per heavy atom. The van der Waals surface area contributed by atoms with Gasteiger partial charge in [-0.2, -0.15) is 0 Å². The first-order valence-electron chi connectivity index (χ1n) is 9.03. The van der Waals surface area contributed by atoms with Crippen molar-refractivity contribution < 1.29 is 17.2 Å². The summed E-state index contributed by atoms with van der Waals surface area (Å²) in [5, 5.41) is 0. The standard InChI is InChI=1S/C19H25FN2O3S/c20-17-9-7-16(8-10-17)15-26(23,24)21-14-18(19-6-5-13-25-19)22-11-3-1-2-4-12-22/h5-10,13,18,21H,1-4,11-12,14-15H2. The van der Waals surface area contributed by atoms with Crippen LogP contribution in [0.25, 0.3) is 0 Å². The van der Waals surface area contributed by atoms with Gasteiger partial charge in [0.15, 0.2) is 0 Å². The van der Waals surface area contributed by atoms with Crippen molar-refractivity contribution >= 4 is 10.0 Å². The summed E-state index contributed by atoms with van der Waals surface area (Å²) in [6.07, 6.45) is 6.25. The maximum atomic E-state index is 13.0. The molecule has 1 aliphatic heterocycles. The van der Waals surface area contributed by atoms with E-state index in [4.69, 9.17) is 4.42 Å². The molecule has 7 heteroatoms. The molecular formula is C19H25FN2O3S. The Labute approximate surface area is 154 Å². The second kappa shape index (κ2) is 8.79. The normalized spacial score (nSPS) is 17.7. The fraction of sp³-hybridized carbons (Fsp3) is 0.474. The zero-order valence-electron chi connectivity index (χ0n) is 14.7. The van der Waals surface area contributed by atoms with Gasteiger partial charge in [0.05, 0.1) is 18.1 Å². The van der Waals surface area contributed by atoms with Crippen molar-refractivity contribution in [3.8, 4) is 0 Å². The highest BCUT2D eigenvalue weighted by Gasteiger charge is 2.25. The van der Waals surface area contributed by atoms with Gasteiger partial charge < -0.3 is 4.42 Å². The lowest BCUT2D eigenvalue weighted by Crippen LogP contribution is -2.38. The quantitative estimate of drug-likeness (QED) is 0.799. The van der Waals surface area contributed by atoms with Gasteiger partial charge in [0, 0.05) is 6.54 Å². The monoisotopic (exact) mass is 380 g/mol. The number of sulfonamides is 1. The fourth-order valence-electron chi connectivity index (χ4n) is 3.35. The predicted octanol–water partition coefficient (Wildman–Crippen LogP) is 3.46. The molecule has 0 bridgehead atoms. The van der Waals surface area contributed by atoms with Crippen molar-refractivity contribution in [3.05, 3.63) is 59.8 Å². The van der Waals surface area contributed by atoms with Gasteiger partial charge in [-0.25, -0.2) is 17.5 Å². The largest absolute Gasteiger partial charge is 0.468 e. The summed E-state index contributed by atoms with van der Waals surface area (Å²) >= 11 is 0. The molecule has 0 amide bonds. The first kappa shape index (κ1) is 19.1. The molecule has 2 aromatic rings. The molecule has 0 saturated carbocycles. The van der Waals surface area contributed by atoms with Gasteiger partial charge in [-0.05, 0) is 55.8 Å². The van der Waals surface area contributed by atoms with Crippen LogP contribution in [0.15, 0.2) is 47.1 Å². The van der Waals surface area contributed by atoms with Gasteiger partial charge in [0.2, 0.25) is 10.0 Å². The number of nitrogens with one attached hydrogen (secondary N) is 1. The summed E-state index contributed by atoms with van der Waals surface area (Å²) < 4.78 is 46.2. The molecule has 0 aliphatic carbocycles. The number of likely N-dealkylation sites (tertiary alicyclic amines) is 1. The summed E-state index contributed by atoms with van der Waals surface area (Å²) in [6, 6.07) is 9.13. The summed E-state index contributed by atoms with van der Waals surface area (Å²) in [5.41, 5.74) is 0.559. The third-order valence-electron chi connectivity index (χ3n) is 4.72. The van der Waals surface area contributed by atoms with Gasteiger partial charge in [-0.3, -0.25) is 4.90 Å². The first-order chi connectivity index (χ1) is 12.5. The summed E-state index contributed by atoms with van der Waals surface area (Å²) in [7, 11) is -3.52. The Morgan fingerprint density at radius 2 is 1.77 bits per heavy atom. The Morgan fingerprint density at radius 3 is 2.38 bits per heavy atom. The fourth-order valence-corrected chi connectivity index (χ4v) is 4.50. The molecule has 26 heavy (non-hydrogen) atoms. The first-order valence-corrected chi connectivity index (χ1v) is 10.7. The topological polar surface area (TPSA) is 62.6 Å². The molecule has 1 saturated heterocycles. The van der Waals surface area contributed by atoms with Crippen LogP contribution >= 0.6 is 0 Å². The van der Waals surface area contributed by atoms with Gasteiger partial charge in [0.25, 0.3) is 0 Å². The Kier molecular flexibility index (Phi) is 6.45. The number of hydrogen-bond acceptors (Lipinski definition) is 4. The van der Waals surface area contributed by atoms with Crippen LogP contribution in [-0.4, -0.2) is 33.0 Å². The van der Waals surface area contributed by atoms with E-state index in [1.165, 1.54) is 37.1 Å². The lowest BCUT2D eigenvalue weighted by molar-refractivity contribution is 0.182. The second-order valence-corrected chi connectivity index (χ2v) is 8.52. The van der Waals surface area contributed by atoms with Crippen molar-refractivity contribution in [2.75, 3.05) is 19.6 Å². The van der Waals surface area contributed by atoms with Crippen molar-refractivity contribution in [2.45, 2.75) is 37.5 Å². The molecule has 1 atom stereocenters. The smallest absolute Gasteiger partial charge is 0.215 e. The molecule has 1 aromatic heterocycles. The number of furan rings is 1. The van der Waals surface area contributed by atoms with Crippen LogP contribution in [0.5, 0.6) is 0 Å². The zero-order chi connectivity index (χ0) is 18.4. The molecule has 0 spiro atoms. The number of nitrogens with zero attached hydrogens (tertiary/aromatic N) is 1. The predicted molar refractivity (Wildman–Crippen MR) is 98.5 cm³/mol. The molecular weight excluding hydrogens is 355 g/mol. The lowest BCUT2D eigenvalue weighted by Gasteiger charge is -2.29. The van der Waals surface area contributed by atoms with E-state index in [1.54, 1.807) is 6.26 Å². The van der Waals surface area contributed by atoms with E-state index in [2.05, 4.69) is 9.62 Å². The van der Waals surface area contributed by atoms with Gasteiger partial charge >= 0.3 is 0 Å². The van der Waals surface area contributed by atoms with E-state index in [9.17, 15) is 12.8 Å². The highest BCUT2D eigenvalue weighted by atomic mass is 32.2. The molecule has 1 aromatic carbocycles. The molecule has 3 rings (SSSR count). The molecule has 1 fully saturated rings. The van der Waals surface area contributed by atoms with Gasteiger partial charge in [-0.15, -0.1) is 0 Å². The molecule has 1 aliphatic rings. The Bertz CT molecular complexity index is 768. The van der Waals surface area contributed by atoms with Crippen LogP contribution < -0.4 is 4.72 Å². The maximum absolute atomic E-state index is 13.0. The minimum atomic E-state index is -3.52. The van der Waals surface area contributed by atoms with Gasteiger partial charge in [0.1, 0.15) is 11.6 Å². The van der Waals surface area contributed by atoms with Crippen molar-refractivity contribution in [1.29, 1.82) is 0 Å². The third-order valence-corrected chi connectivity index (χ3v) is 6.04. The maximum Gasteiger partial charge on any atom is 0.215 e. The Hall–Kier alpha value is -1.70. The average molecular weight is 380 g/mol. The summed E-state index contributed by atoms with van der Waals surface area (Å²) in [5.74, 6) is 0.229. The molecule has 2 heterocycles. The van der Waals surface area contributed by atoms with E-state index >= 15 is 0 Å². The van der Waals surface area contributed by atoms with Crippen LogP contribution in [0, 0.1) is 5.82 Å². The van der Waals surface area contributed by atoms with Crippen LogP contribution in [-0.2, 0) is 15.8 Å². The average Bonchev–Trinajstić information content (AvgIpc) is 3.00.